The van der Waals surface area contributed by atoms with Gasteiger partial charge in [-0.2, -0.15) is 0 Å². The number of nitrogens with one attached hydrogen (secondary N) is 1. The van der Waals surface area contributed by atoms with Crippen molar-refractivity contribution in [1.82, 2.24) is 4.98 Å². The normalized spacial score (nSPS) is 17.3. The van der Waals surface area contributed by atoms with Crippen molar-refractivity contribution in [2.45, 2.75) is 6.42 Å². The lowest BCUT2D eigenvalue weighted by atomic mass is 10.3. The Hall–Kier alpha value is -2.36. The maximum Gasteiger partial charge on any atom is 0.298 e. The molecule has 1 N–H and O–H groups in total. The number of benzene rings is 1. The SMILES string of the molecule is COc1ccc2nc(N(CCC[NH+]3CCOCC3)C(=O)C3=COCCO3)sc2c1. The highest BCUT2D eigenvalue weighted by atomic mass is 32.1. The Morgan fingerprint density at radius 2 is 2.14 bits per heavy atom. The highest BCUT2D eigenvalue weighted by molar-refractivity contribution is 7.22. The summed E-state index contributed by atoms with van der Waals surface area (Å²) in [6.45, 7) is 6.01. The molecule has 0 radical (unpaired) electrons. The fourth-order valence-electron chi connectivity index (χ4n) is 3.43. The molecule has 0 aliphatic carbocycles. The van der Waals surface area contributed by atoms with Gasteiger partial charge in [-0.25, -0.2) is 4.98 Å². The van der Waals surface area contributed by atoms with Gasteiger partial charge in [0.25, 0.3) is 5.91 Å². The van der Waals surface area contributed by atoms with Gasteiger partial charge in [0.15, 0.2) is 5.13 Å². The zero-order valence-corrected chi connectivity index (χ0v) is 17.3. The minimum absolute atomic E-state index is 0.215. The Bertz CT molecular complexity index is 878. The minimum Gasteiger partial charge on any atom is -0.497 e. The Balaban J connectivity index is 1.53. The predicted molar refractivity (Wildman–Crippen MR) is 110 cm³/mol. The molecule has 1 saturated heterocycles. The first kappa shape index (κ1) is 19.9. The van der Waals surface area contributed by atoms with Gasteiger partial charge in [-0.05, 0) is 18.2 Å². The minimum atomic E-state index is -0.215. The molecule has 9 heteroatoms. The van der Waals surface area contributed by atoms with Gasteiger partial charge in [0.1, 0.15) is 38.3 Å². The average Bonchev–Trinajstić information content (AvgIpc) is 3.20. The second kappa shape index (κ2) is 9.43. The second-order valence-corrected chi connectivity index (χ2v) is 7.96. The van der Waals surface area contributed by atoms with E-state index < -0.39 is 0 Å². The number of hydrogen-bond acceptors (Lipinski definition) is 7. The summed E-state index contributed by atoms with van der Waals surface area (Å²) in [6.07, 6.45) is 2.27. The van der Waals surface area contributed by atoms with Crippen LogP contribution in [0.2, 0.25) is 0 Å². The molecule has 29 heavy (non-hydrogen) atoms. The number of hydrogen-bond donors (Lipinski definition) is 1. The highest BCUT2D eigenvalue weighted by Crippen LogP contribution is 2.32. The number of carbonyl (C=O) groups excluding carboxylic acids is 1. The first-order chi connectivity index (χ1) is 14.2. The van der Waals surface area contributed by atoms with Gasteiger partial charge in [-0.3, -0.25) is 9.69 Å². The molecule has 1 fully saturated rings. The van der Waals surface area contributed by atoms with Gasteiger partial charge in [0.2, 0.25) is 5.76 Å². The lowest BCUT2D eigenvalue weighted by Gasteiger charge is -2.26. The number of rotatable bonds is 7. The molecule has 156 valence electrons. The lowest BCUT2D eigenvalue weighted by molar-refractivity contribution is -0.908. The van der Waals surface area contributed by atoms with E-state index in [1.54, 1.807) is 12.0 Å². The van der Waals surface area contributed by atoms with Crippen LogP contribution in [0.3, 0.4) is 0 Å². The number of amides is 1. The van der Waals surface area contributed by atoms with Crippen molar-refractivity contribution in [2.75, 3.05) is 64.6 Å². The quantitative estimate of drug-likeness (QED) is 0.715. The van der Waals surface area contributed by atoms with Crippen LogP contribution in [0.4, 0.5) is 5.13 Å². The summed E-state index contributed by atoms with van der Waals surface area (Å²) >= 11 is 1.48. The van der Waals surface area contributed by atoms with Crippen molar-refractivity contribution in [3.05, 3.63) is 30.2 Å². The van der Waals surface area contributed by atoms with Crippen molar-refractivity contribution in [3.8, 4) is 5.75 Å². The largest absolute Gasteiger partial charge is 0.497 e. The average molecular weight is 421 g/mol. The molecule has 1 amide bonds. The molecule has 1 aromatic carbocycles. The van der Waals surface area contributed by atoms with Crippen molar-refractivity contribution in [2.24, 2.45) is 0 Å². The van der Waals surface area contributed by atoms with Gasteiger partial charge in [0, 0.05) is 13.0 Å². The third kappa shape index (κ3) is 4.80. The fraction of sp³-hybridized carbons (Fsp3) is 0.500. The Morgan fingerprint density at radius 1 is 1.28 bits per heavy atom. The Kier molecular flexibility index (Phi) is 6.48. The van der Waals surface area contributed by atoms with E-state index >= 15 is 0 Å². The van der Waals surface area contributed by atoms with Crippen LogP contribution >= 0.6 is 11.3 Å². The van der Waals surface area contributed by atoms with Crippen molar-refractivity contribution in [3.63, 3.8) is 0 Å². The number of quaternary nitrogens is 1. The van der Waals surface area contributed by atoms with Crippen LogP contribution < -0.4 is 14.5 Å². The molecule has 8 nitrogen and oxygen atoms in total. The van der Waals surface area contributed by atoms with E-state index in [0.29, 0.717) is 24.9 Å². The summed E-state index contributed by atoms with van der Waals surface area (Å²) in [7, 11) is 1.64. The second-order valence-electron chi connectivity index (χ2n) is 6.95. The zero-order valence-electron chi connectivity index (χ0n) is 16.5. The van der Waals surface area contributed by atoms with Crippen molar-refractivity contribution >= 4 is 32.6 Å². The topological polar surface area (TPSA) is 74.6 Å². The molecular weight excluding hydrogens is 394 g/mol. The number of anilines is 1. The summed E-state index contributed by atoms with van der Waals surface area (Å²) in [5.41, 5.74) is 0.845. The van der Waals surface area contributed by atoms with Crippen LogP contribution in [0.5, 0.6) is 5.75 Å². The molecule has 0 unspecified atom stereocenters. The maximum absolute atomic E-state index is 13.1. The molecule has 0 spiro atoms. The standard InChI is InChI=1S/C20H25N3O5S/c1-25-15-3-4-16-18(13-15)29-20(21-16)23(19(24)17-14-27-11-12-28-17)6-2-5-22-7-9-26-10-8-22/h3-4,13-14H,2,5-12H2,1H3/p+1. The summed E-state index contributed by atoms with van der Waals surface area (Å²) in [4.78, 5) is 21.1. The zero-order chi connectivity index (χ0) is 20.1. The van der Waals surface area contributed by atoms with E-state index in [0.717, 1.165) is 55.2 Å². The first-order valence-electron chi connectivity index (χ1n) is 9.87. The number of fused-ring (bicyclic) bond motifs is 1. The van der Waals surface area contributed by atoms with Gasteiger partial charge < -0.3 is 23.8 Å². The van der Waals surface area contributed by atoms with Gasteiger partial charge >= 0.3 is 0 Å². The molecule has 2 aliphatic heterocycles. The summed E-state index contributed by atoms with van der Waals surface area (Å²) in [6, 6.07) is 5.73. The van der Waals surface area contributed by atoms with Gasteiger partial charge in [-0.1, -0.05) is 11.3 Å². The van der Waals surface area contributed by atoms with E-state index in [1.807, 2.05) is 18.2 Å². The van der Waals surface area contributed by atoms with E-state index in [1.165, 1.54) is 22.5 Å². The molecular formula is C20H26N3O5S+. The van der Waals surface area contributed by atoms with Gasteiger partial charge in [-0.15, -0.1) is 0 Å². The van der Waals surface area contributed by atoms with Crippen LogP contribution in [0.1, 0.15) is 6.42 Å². The van der Waals surface area contributed by atoms with Crippen LogP contribution in [-0.2, 0) is 19.0 Å². The monoisotopic (exact) mass is 420 g/mol. The number of aromatic nitrogens is 1. The summed E-state index contributed by atoms with van der Waals surface area (Å²) < 4.78 is 22.5. The highest BCUT2D eigenvalue weighted by Gasteiger charge is 2.26. The molecule has 2 aliphatic rings. The van der Waals surface area contributed by atoms with E-state index in [4.69, 9.17) is 18.9 Å². The van der Waals surface area contributed by atoms with Crippen molar-refractivity contribution in [1.29, 1.82) is 0 Å². The Labute approximate surface area is 173 Å². The lowest BCUT2D eigenvalue weighted by Crippen LogP contribution is -3.14. The van der Waals surface area contributed by atoms with Crippen LogP contribution in [0, 0.1) is 0 Å². The van der Waals surface area contributed by atoms with E-state index in [9.17, 15) is 4.79 Å². The maximum atomic E-state index is 13.1. The van der Waals surface area contributed by atoms with Crippen LogP contribution in [0.15, 0.2) is 30.2 Å². The first-order valence-corrected chi connectivity index (χ1v) is 10.7. The molecule has 0 atom stereocenters. The molecule has 4 rings (SSSR count). The number of methoxy groups -OCH3 is 1. The van der Waals surface area contributed by atoms with E-state index in [2.05, 4.69) is 4.98 Å². The smallest absolute Gasteiger partial charge is 0.298 e. The number of thiazole rings is 1. The van der Waals surface area contributed by atoms with Crippen molar-refractivity contribution < 1.29 is 28.6 Å². The number of carbonyl (C=O) groups is 1. The molecule has 1 aromatic heterocycles. The third-order valence-electron chi connectivity index (χ3n) is 5.03. The molecule has 0 saturated carbocycles. The van der Waals surface area contributed by atoms with Crippen LogP contribution in [-0.4, -0.2) is 70.6 Å². The van der Waals surface area contributed by atoms with E-state index in [-0.39, 0.29) is 11.7 Å². The van der Waals surface area contributed by atoms with Gasteiger partial charge in [0.05, 0.1) is 37.1 Å². The molecule has 3 heterocycles. The fourth-order valence-corrected chi connectivity index (χ4v) is 4.45. The summed E-state index contributed by atoms with van der Waals surface area (Å²) in [5.74, 6) is 0.785. The number of nitrogens with zero attached hydrogens (tertiary/aromatic N) is 2. The van der Waals surface area contributed by atoms with Crippen LogP contribution in [0.25, 0.3) is 10.2 Å². The third-order valence-corrected chi connectivity index (χ3v) is 6.07. The Morgan fingerprint density at radius 3 is 2.90 bits per heavy atom. The number of ether oxygens (including phenoxy) is 4. The predicted octanol–water partition coefficient (Wildman–Crippen LogP) is 0.831. The molecule has 2 aromatic rings. The number of morpholine rings is 1. The summed E-state index contributed by atoms with van der Waals surface area (Å²) in [5, 5.41) is 0.658. The molecule has 0 bridgehead atoms.